The molecular formula is C13H15N5O. The molecule has 0 radical (unpaired) electrons. The van der Waals surface area contributed by atoms with Crippen molar-refractivity contribution in [2.24, 2.45) is 5.10 Å². The molecule has 0 fully saturated rings. The number of nitrogens with zero attached hydrogens (tertiary/aromatic N) is 4. The summed E-state index contributed by atoms with van der Waals surface area (Å²) in [6.45, 7) is 3.95. The minimum atomic E-state index is -0.224. The third-order valence-electron chi connectivity index (χ3n) is 2.47. The molecule has 0 spiro atoms. The molecule has 0 aliphatic carbocycles. The summed E-state index contributed by atoms with van der Waals surface area (Å²) < 4.78 is 1.64. The second-order valence-corrected chi connectivity index (χ2v) is 4.13. The highest BCUT2D eigenvalue weighted by molar-refractivity contribution is 5.80. The number of amides is 1. The van der Waals surface area contributed by atoms with Gasteiger partial charge in [0.1, 0.15) is 6.54 Å². The van der Waals surface area contributed by atoms with E-state index < -0.39 is 0 Å². The van der Waals surface area contributed by atoms with Crippen molar-refractivity contribution in [2.45, 2.75) is 20.4 Å². The van der Waals surface area contributed by atoms with Crippen LogP contribution < -0.4 is 5.43 Å². The van der Waals surface area contributed by atoms with Gasteiger partial charge in [0, 0.05) is 11.9 Å². The Balaban J connectivity index is 1.88. The molecule has 6 heteroatoms. The van der Waals surface area contributed by atoms with E-state index in [2.05, 4.69) is 20.6 Å². The van der Waals surface area contributed by atoms with E-state index in [0.29, 0.717) is 5.69 Å². The van der Waals surface area contributed by atoms with Crippen molar-refractivity contribution in [1.29, 1.82) is 0 Å². The van der Waals surface area contributed by atoms with E-state index in [-0.39, 0.29) is 12.5 Å². The number of nitrogens with one attached hydrogen (secondary N) is 1. The van der Waals surface area contributed by atoms with Gasteiger partial charge in [-0.2, -0.15) is 10.2 Å². The van der Waals surface area contributed by atoms with Crippen LogP contribution in [0.2, 0.25) is 0 Å². The quantitative estimate of drug-likeness (QED) is 0.657. The molecule has 0 aromatic carbocycles. The molecule has 1 N–H and O–H groups in total. The monoisotopic (exact) mass is 257 g/mol. The lowest BCUT2D eigenvalue weighted by Crippen LogP contribution is -2.24. The number of aromatic nitrogens is 3. The van der Waals surface area contributed by atoms with Gasteiger partial charge >= 0.3 is 0 Å². The van der Waals surface area contributed by atoms with Crippen LogP contribution in [0, 0.1) is 13.8 Å². The number of aryl methyl sites for hydroxylation is 2. The second kappa shape index (κ2) is 5.90. The maximum Gasteiger partial charge on any atom is 0.261 e. The summed E-state index contributed by atoms with van der Waals surface area (Å²) in [4.78, 5) is 15.7. The van der Waals surface area contributed by atoms with Crippen molar-refractivity contribution < 1.29 is 4.79 Å². The molecular weight excluding hydrogens is 242 g/mol. The van der Waals surface area contributed by atoms with Gasteiger partial charge in [-0.05, 0) is 32.0 Å². The zero-order chi connectivity index (χ0) is 13.7. The lowest BCUT2D eigenvalue weighted by Gasteiger charge is -2.02. The zero-order valence-corrected chi connectivity index (χ0v) is 10.9. The third-order valence-corrected chi connectivity index (χ3v) is 2.47. The highest BCUT2D eigenvalue weighted by Crippen LogP contribution is 2.00. The van der Waals surface area contributed by atoms with Gasteiger partial charge in [0.05, 0.1) is 17.6 Å². The number of pyridine rings is 1. The highest BCUT2D eigenvalue weighted by Gasteiger charge is 2.05. The third kappa shape index (κ3) is 3.74. The van der Waals surface area contributed by atoms with E-state index >= 15 is 0 Å². The molecule has 0 saturated carbocycles. The average molecular weight is 257 g/mol. The first-order valence-corrected chi connectivity index (χ1v) is 5.89. The Morgan fingerprint density at radius 2 is 2.32 bits per heavy atom. The van der Waals surface area contributed by atoms with Gasteiger partial charge in [-0.25, -0.2) is 5.43 Å². The highest BCUT2D eigenvalue weighted by atomic mass is 16.2. The summed E-state index contributed by atoms with van der Waals surface area (Å²) in [5, 5.41) is 8.05. The molecule has 0 aliphatic heterocycles. The molecule has 2 aromatic rings. The minimum absolute atomic E-state index is 0.152. The summed E-state index contributed by atoms with van der Waals surface area (Å²) in [6.07, 6.45) is 3.16. The van der Waals surface area contributed by atoms with Gasteiger partial charge in [-0.1, -0.05) is 6.07 Å². The van der Waals surface area contributed by atoms with Crippen molar-refractivity contribution in [2.75, 3.05) is 0 Å². The van der Waals surface area contributed by atoms with Crippen LogP contribution in [0.25, 0.3) is 0 Å². The molecule has 2 rings (SSSR count). The van der Waals surface area contributed by atoms with Crippen LogP contribution in [0.15, 0.2) is 35.6 Å². The number of hydrazone groups is 1. The zero-order valence-electron chi connectivity index (χ0n) is 10.9. The predicted octanol–water partition coefficient (Wildman–Crippen LogP) is 1.05. The number of hydrogen-bond donors (Lipinski definition) is 1. The Bertz CT molecular complexity index is 588. The van der Waals surface area contributed by atoms with Crippen LogP contribution >= 0.6 is 0 Å². The van der Waals surface area contributed by atoms with Crippen molar-refractivity contribution in [3.05, 3.63) is 47.5 Å². The number of carbonyl (C=O) groups excluding carboxylic acids is 1. The van der Waals surface area contributed by atoms with Gasteiger partial charge in [-0.15, -0.1) is 0 Å². The Hall–Kier alpha value is -2.50. The van der Waals surface area contributed by atoms with Crippen LogP contribution in [0.5, 0.6) is 0 Å². The van der Waals surface area contributed by atoms with Crippen LogP contribution in [0.1, 0.15) is 17.1 Å². The smallest absolute Gasteiger partial charge is 0.261 e. The summed E-state index contributed by atoms with van der Waals surface area (Å²) in [5.74, 6) is -0.224. The molecule has 98 valence electrons. The van der Waals surface area contributed by atoms with E-state index in [1.807, 2.05) is 32.0 Å². The molecule has 0 atom stereocenters. The second-order valence-electron chi connectivity index (χ2n) is 4.13. The molecule has 6 nitrogen and oxygen atoms in total. The van der Waals surface area contributed by atoms with Crippen LogP contribution in [-0.2, 0) is 11.3 Å². The summed E-state index contributed by atoms with van der Waals surface area (Å²) in [7, 11) is 0. The molecule has 2 aromatic heterocycles. The fourth-order valence-corrected chi connectivity index (χ4v) is 1.63. The first-order chi connectivity index (χ1) is 9.15. The van der Waals surface area contributed by atoms with Crippen molar-refractivity contribution in [3.63, 3.8) is 0 Å². The van der Waals surface area contributed by atoms with Crippen molar-refractivity contribution >= 4 is 12.1 Å². The van der Waals surface area contributed by atoms with E-state index in [1.54, 1.807) is 16.9 Å². The standard InChI is InChI=1S/C13H15N5O/c1-10-7-11(2)18(17-10)9-13(19)16-15-8-12-5-3-4-6-14-12/h3-8H,9H2,1-2H3,(H,16,19)/b15-8-. The lowest BCUT2D eigenvalue weighted by molar-refractivity contribution is -0.121. The lowest BCUT2D eigenvalue weighted by atomic mass is 10.4. The number of rotatable bonds is 4. The van der Waals surface area contributed by atoms with E-state index in [0.717, 1.165) is 11.4 Å². The van der Waals surface area contributed by atoms with Crippen molar-refractivity contribution in [3.8, 4) is 0 Å². The predicted molar refractivity (Wildman–Crippen MR) is 71.7 cm³/mol. The first-order valence-electron chi connectivity index (χ1n) is 5.89. The molecule has 1 amide bonds. The SMILES string of the molecule is Cc1cc(C)n(CC(=O)N/N=C\c2ccccn2)n1. The van der Waals surface area contributed by atoms with Crippen LogP contribution in [0.4, 0.5) is 0 Å². The fourth-order valence-electron chi connectivity index (χ4n) is 1.63. The Labute approximate surface area is 111 Å². The first kappa shape index (κ1) is 12.9. The van der Waals surface area contributed by atoms with E-state index in [9.17, 15) is 4.79 Å². The minimum Gasteiger partial charge on any atom is -0.271 e. The Morgan fingerprint density at radius 3 is 2.95 bits per heavy atom. The number of hydrogen-bond acceptors (Lipinski definition) is 4. The van der Waals surface area contributed by atoms with Gasteiger partial charge < -0.3 is 0 Å². The summed E-state index contributed by atoms with van der Waals surface area (Å²) >= 11 is 0. The van der Waals surface area contributed by atoms with Crippen LogP contribution in [-0.4, -0.2) is 26.9 Å². The van der Waals surface area contributed by atoms with Crippen molar-refractivity contribution in [1.82, 2.24) is 20.2 Å². The van der Waals surface area contributed by atoms with Gasteiger partial charge in [0.25, 0.3) is 5.91 Å². The van der Waals surface area contributed by atoms with Gasteiger partial charge in [0.2, 0.25) is 0 Å². The van der Waals surface area contributed by atoms with Gasteiger partial charge in [0.15, 0.2) is 0 Å². The topological polar surface area (TPSA) is 72.2 Å². The maximum absolute atomic E-state index is 11.7. The largest absolute Gasteiger partial charge is 0.271 e. The molecule has 2 heterocycles. The molecule has 0 unspecified atom stereocenters. The molecule has 0 aliphatic rings. The fraction of sp³-hybridized carbons (Fsp3) is 0.231. The van der Waals surface area contributed by atoms with Gasteiger partial charge in [-0.3, -0.25) is 14.5 Å². The molecule has 19 heavy (non-hydrogen) atoms. The molecule has 0 bridgehead atoms. The normalized spacial score (nSPS) is 10.8. The average Bonchev–Trinajstić information content (AvgIpc) is 2.69. The maximum atomic E-state index is 11.7. The molecule has 0 saturated heterocycles. The summed E-state index contributed by atoms with van der Waals surface area (Å²) in [5.41, 5.74) is 4.97. The summed E-state index contributed by atoms with van der Waals surface area (Å²) in [6, 6.07) is 7.39. The Morgan fingerprint density at radius 1 is 1.47 bits per heavy atom. The van der Waals surface area contributed by atoms with Crippen LogP contribution in [0.3, 0.4) is 0 Å². The number of carbonyl (C=O) groups is 1. The van der Waals surface area contributed by atoms with E-state index in [1.165, 1.54) is 6.21 Å². The Kier molecular flexibility index (Phi) is 4.02. The van der Waals surface area contributed by atoms with E-state index in [4.69, 9.17) is 0 Å².